The maximum atomic E-state index is 11.7. The van der Waals surface area contributed by atoms with Gasteiger partial charge in [-0.1, -0.05) is 19.8 Å². The molecule has 6 nitrogen and oxygen atoms in total. The zero-order valence-electron chi connectivity index (χ0n) is 12.5. The molecular weight excluding hydrogens is 290 g/mol. The summed E-state index contributed by atoms with van der Waals surface area (Å²) in [6, 6.07) is -0.266. The van der Waals surface area contributed by atoms with Crippen LogP contribution in [0.15, 0.2) is 6.20 Å². The van der Waals surface area contributed by atoms with Gasteiger partial charge in [0.25, 0.3) is 0 Å². The number of aliphatic carboxylic acids is 1. The van der Waals surface area contributed by atoms with E-state index in [9.17, 15) is 9.59 Å². The first-order valence-electron chi connectivity index (χ1n) is 7.20. The van der Waals surface area contributed by atoms with Crippen molar-refractivity contribution in [2.24, 2.45) is 5.92 Å². The maximum absolute atomic E-state index is 11.7. The second-order valence-electron chi connectivity index (χ2n) is 5.03. The van der Waals surface area contributed by atoms with Gasteiger partial charge >= 0.3 is 12.0 Å². The number of nitrogens with one attached hydrogen (secondary N) is 2. The lowest BCUT2D eigenvalue weighted by molar-refractivity contribution is -0.137. The van der Waals surface area contributed by atoms with E-state index in [-0.39, 0.29) is 12.5 Å². The minimum Gasteiger partial charge on any atom is -0.481 e. The number of aromatic nitrogens is 1. The van der Waals surface area contributed by atoms with Crippen LogP contribution in [0.3, 0.4) is 0 Å². The summed E-state index contributed by atoms with van der Waals surface area (Å²) in [5, 5.41) is 14.8. The predicted molar refractivity (Wildman–Crippen MR) is 83.8 cm³/mol. The zero-order valence-corrected chi connectivity index (χ0v) is 13.3. The molecule has 1 aromatic rings. The van der Waals surface area contributed by atoms with Crippen LogP contribution in [0.5, 0.6) is 0 Å². The summed E-state index contributed by atoms with van der Waals surface area (Å²) in [7, 11) is 0. The Bertz CT molecular complexity index is 462. The number of carboxylic acids is 1. The van der Waals surface area contributed by atoms with Crippen LogP contribution in [0.4, 0.5) is 9.93 Å². The number of amides is 2. The molecule has 21 heavy (non-hydrogen) atoms. The smallest absolute Gasteiger partial charge is 0.321 e. The minimum atomic E-state index is -0.763. The molecule has 3 N–H and O–H groups in total. The third-order valence-corrected chi connectivity index (χ3v) is 3.97. The van der Waals surface area contributed by atoms with Crippen molar-refractivity contribution in [3.63, 3.8) is 0 Å². The van der Waals surface area contributed by atoms with Crippen molar-refractivity contribution in [2.45, 2.75) is 46.0 Å². The third-order valence-electron chi connectivity index (χ3n) is 3.14. The maximum Gasteiger partial charge on any atom is 0.321 e. The average Bonchev–Trinajstić information content (AvgIpc) is 2.81. The second kappa shape index (κ2) is 9.33. The molecule has 1 aromatic heterocycles. The first-order chi connectivity index (χ1) is 10.0. The summed E-state index contributed by atoms with van der Waals surface area (Å²) in [6.45, 7) is 4.55. The largest absolute Gasteiger partial charge is 0.481 e. The molecule has 1 atom stereocenters. The Morgan fingerprint density at radius 1 is 1.38 bits per heavy atom. The lowest BCUT2D eigenvalue weighted by Gasteiger charge is -2.15. The van der Waals surface area contributed by atoms with Crippen molar-refractivity contribution >= 4 is 28.5 Å². The Morgan fingerprint density at radius 2 is 2.14 bits per heavy atom. The molecule has 2 amide bonds. The van der Waals surface area contributed by atoms with E-state index in [1.165, 1.54) is 11.3 Å². The molecule has 0 aliphatic heterocycles. The summed E-state index contributed by atoms with van der Waals surface area (Å²) in [4.78, 5) is 27.4. The fourth-order valence-electron chi connectivity index (χ4n) is 2.11. The van der Waals surface area contributed by atoms with Crippen molar-refractivity contribution in [1.29, 1.82) is 0 Å². The molecule has 0 saturated carbocycles. The van der Waals surface area contributed by atoms with Crippen LogP contribution in [-0.4, -0.2) is 28.6 Å². The highest BCUT2D eigenvalue weighted by Crippen LogP contribution is 2.18. The monoisotopic (exact) mass is 313 g/mol. The van der Waals surface area contributed by atoms with Gasteiger partial charge in [0.1, 0.15) is 0 Å². The number of rotatable bonds is 9. The standard InChI is InChI=1S/C14H23N3O3S/c1-3-4-11(5-6-12(18)19)7-8-15-13(20)17-14-16-9-10(2)21-14/h9,11H,3-8H2,1-2H3,(H,18,19)(H2,15,16,17,20). The van der Waals surface area contributed by atoms with Gasteiger partial charge in [0, 0.05) is 24.0 Å². The van der Waals surface area contributed by atoms with Gasteiger partial charge in [-0.2, -0.15) is 0 Å². The van der Waals surface area contributed by atoms with Crippen molar-refractivity contribution in [3.05, 3.63) is 11.1 Å². The first-order valence-corrected chi connectivity index (χ1v) is 8.02. The van der Waals surface area contributed by atoms with Gasteiger partial charge in [-0.05, 0) is 25.7 Å². The first kappa shape index (κ1) is 17.4. The molecule has 0 aliphatic rings. The highest BCUT2D eigenvalue weighted by molar-refractivity contribution is 7.15. The van der Waals surface area contributed by atoms with Gasteiger partial charge in [0.05, 0.1) is 0 Å². The van der Waals surface area contributed by atoms with Crippen molar-refractivity contribution in [1.82, 2.24) is 10.3 Å². The number of hydrogen-bond donors (Lipinski definition) is 3. The van der Waals surface area contributed by atoms with E-state index in [1.54, 1.807) is 6.20 Å². The number of carbonyl (C=O) groups is 2. The van der Waals surface area contributed by atoms with Gasteiger partial charge in [0.15, 0.2) is 5.13 Å². The van der Waals surface area contributed by atoms with Gasteiger partial charge in [-0.25, -0.2) is 9.78 Å². The zero-order chi connectivity index (χ0) is 15.7. The Kier molecular flexibility index (Phi) is 7.74. The van der Waals surface area contributed by atoms with Gasteiger partial charge in [-0.15, -0.1) is 11.3 Å². The number of anilines is 1. The molecule has 0 saturated heterocycles. The summed E-state index contributed by atoms with van der Waals surface area (Å²) in [5.41, 5.74) is 0. The van der Waals surface area contributed by atoms with Crippen LogP contribution in [0.25, 0.3) is 0 Å². The van der Waals surface area contributed by atoms with E-state index in [0.717, 1.165) is 24.1 Å². The highest BCUT2D eigenvalue weighted by atomic mass is 32.1. The van der Waals surface area contributed by atoms with Crippen LogP contribution < -0.4 is 10.6 Å². The Balaban J connectivity index is 2.25. The lowest BCUT2D eigenvalue weighted by Crippen LogP contribution is -2.30. The van der Waals surface area contributed by atoms with Gasteiger partial charge in [0.2, 0.25) is 0 Å². The van der Waals surface area contributed by atoms with Gasteiger partial charge < -0.3 is 10.4 Å². The van der Waals surface area contributed by atoms with E-state index in [4.69, 9.17) is 5.11 Å². The van der Waals surface area contributed by atoms with Crippen molar-refractivity contribution in [3.8, 4) is 0 Å². The van der Waals surface area contributed by atoms with Crippen LogP contribution in [0.2, 0.25) is 0 Å². The molecule has 0 bridgehead atoms. The van der Waals surface area contributed by atoms with Crippen LogP contribution >= 0.6 is 11.3 Å². The Hall–Kier alpha value is -1.63. The van der Waals surface area contributed by atoms with E-state index in [1.807, 2.05) is 6.92 Å². The molecule has 1 heterocycles. The Labute approximate surface area is 129 Å². The number of carbonyl (C=O) groups excluding carboxylic acids is 1. The fraction of sp³-hybridized carbons (Fsp3) is 0.643. The normalized spacial score (nSPS) is 11.9. The summed E-state index contributed by atoms with van der Waals surface area (Å²) in [6.07, 6.45) is 5.37. The average molecular weight is 313 g/mol. The van der Waals surface area contributed by atoms with E-state index >= 15 is 0 Å². The molecule has 0 spiro atoms. The second-order valence-corrected chi connectivity index (χ2v) is 6.27. The molecule has 0 fully saturated rings. The lowest BCUT2D eigenvalue weighted by atomic mass is 9.94. The molecule has 1 unspecified atom stereocenters. The summed E-state index contributed by atoms with van der Waals surface area (Å²) in [5.74, 6) is -0.422. The number of carboxylic acid groups (broad SMARTS) is 1. The van der Waals surface area contributed by atoms with E-state index < -0.39 is 5.97 Å². The topological polar surface area (TPSA) is 91.3 Å². The predicted octanol–water partition coefficient (Wildman–Crippen LogP) is 3.24. The molecule has 1 rings (SSSR count). The molecule has 7 heteroatoms. The van der Waals surface area contributed by atoms with Crippen LogP contribution in [-0.2, 0) is 4.79 Å². The number of urea groups is 1. The third kappa shape index (κ3) is 7.65. The highest BCUT2D eigenvalue weighted by Gasteiger charge is 2.11. The minimum absolute atomic E-state index is 0.190. The van der Waals surface area contributed by atoms with E-state index in [0.29, 0.717) is 24.0 Å². The van der Waals surface area contributed by atoms with Crippen LogP contribution in [0.1, 0.15) is 43.9 Å². The number of thiazole rings is 1. The molecule has 0 aliphatic carbocycles. The fourth-order valence-corrected chi connectivity index (χ4v) is 2.77. The van der Waals surface area contributed by atoms with Crippen molar-refractivity contribution < 1.29 is 14.7 Å². The van der Waals surface area contributed by atoms with Gasteiger partial charge in [-0.3, -0.25) is 10.1 Å². The quantitative estimate of drug-likeness (QED) is 0.652. The Morgan fingerprint density at radius 3 is 2.71 bits per heavy atom. The summed E-state index contributed by atoms with van der Waals surface area (Å²) >= 11 is 1.43. The molecule has 0 aromatic carbocycles. The number of hydrogen-bond acceptors (Lipinski definition) is 4. The van der Waals surface area contributed by atoms with Crippen molar-refractivity contribution in [2.75, 3.05) is 11.9 Å². The SMILES string of the molecule is CCCC(CCNC(=O)Nc1ncc(C)s1)CCC(=O)O. The van der Waals surface area contributed by atoms with Crippen LogP contribution in [0, 0.1) is 12.8 Å². The molecular formula is C14H23N3O3S. The summed E-state index contributed by atoms with van der Waals surface area (Å²) < 4.78 is 0. The molecule has 118 valence electrons. The van der Waals surface area contributed by atoms with E-state index in [2.05, 4.69) is 22.5 Å². The number of nitrogens with zero attached hydrogens (tertiary/aromatic N) is 1. The number of aryl methyl sites for hydroxylation is 1. The molecule has 0 radical (unpaired) electrons.